The molecule has 0 atom stereocenters. The number of anilines is 1. The molecule has 3 heteroatoms. The van der Waals surface area contributed by atoms with Gasteiger partial charge >= 0.3 is 0 Å². The summed E-state index contributed by atoms with van der Waals surface area (Å²) in [5.74, 6) is 0.753. The van der Waals surface area contributed by atoms with Gasteiger partial charge in [0.25, 0.3) is 0 Å². The Labute approximate surface area is 108 Å². The van der Waals surface area contributed by atoms with Crippen molar-refractivity contribution in [1.82, 2.24) is 0 Å². The number of rotatable bonds is 5. The molecule has 0 bridgehead atoms. The van der Waals surface area contributed by atoms with Crippen LogP contribution >= 0.6 is 11.6 Å². The van der Waals surface area contributed by atoms with Gasteiger partial charge in [-0.3, -0.25) is 0 Å². The van der Waals surface area contributed by atoms with Gasteiger partial charge in [0.1, 0.15) is 5.82 Å². The average Bonchev–Trinajstić information content (AvgIpc) is 3.09. The zero-order chi connectivity index (χ0) is 12.4. The number of nitrogens with zero attached hydrogens (tertiary/aromatic N) is 1. The van der Waals surface area contributed by atoms with E-state index >= 15 is 0 Å². The molecule has 0 unspecified atom stereocenters. The van der Waals surface area contributed by atoms with Crippen LogP contribution in [0.25, 0.3) is 0 Å². The van der Waals surface area contributed by atoms with Crippen molar-refractivity contribution in [2.75, 3.05) is 11.4 Å². The first-order valence-corrected chi connectivity index (χ1v) is 6.77. The van der Waals surface area contributed by atoms with Gasteiger partial charge in [-0.1, -0.05) is 26.0 Å². The van der Waals surface area contributed by atoms with Crippen molar-refractivity contribution in [2.45, 2.75) is 38.6 Å². The Morgan fingerprint density at radius 1 is 1.41 bits per heavy atom. The van der Waals surface area contributed by atoms with E-state index in [0.29, 0.717) is 17.8 Å². The van der Waals surface area contributed by atoms with Crippen LogP contribution in [0.5, 0.6) is 0 Å². The number of benzene rings is 1. The molecule has 1 aromatic rings. The van der Waals surface area contributed by atoms with Crippen LogP contribution in [0.3, 0.4) is 0 Å². The van der Waals surface area contributed by atoms with Gasteiger partial charge < -0.3 is 4.90 Å². The van der Waals surface area contributed by atoms with Gasteiger partial charge in [-0.15, -0.1) is 11.6 Å². The van der Waals surface area contributed by atoms with E-state index in [-0.39, 0.29) is 5.82 Å². The Kier molecular flexibility index (Phi) is 3.93. The highest BCUT2D eigenvalue weighted by molar-refractivity contribution is 6.17. The van der Waals surface area contributed by atoms with Crippen LogP contribution in [0.2, 0.25) is 0 Å². The summed E-state index contributed by atoms with van der Waals surface area (Å²) in [4.78, 5) is 2.21. The summed E-state index contributed by atoms with van der Waals surface area (Å²) in [7, 11) is 0. The minimum absolute atomic E-state index is 0.143. The van der Waals surface area contributed by atoms with Crippen molar-refractivity contribution in [3.63, 3.8) is 0 Å². The van der Waals surface area contributed by atoms with Crippen LogP contribution in [0.1, 0.15) is 32.3 Å². The number of hydrogen-bond acceptors (Lipinski definition) is 1. The average molecular weight is 256 g/mol. The molecule has 0 radical (unpaired) electrons. The van der Waals surface area contributed by atoms with Crippen LogP contribution in [-0.2, 0) is 5.88 Å². The Bertz CT molecular complexity index is 388. The zero-order valence-corrected chi connectivity index (χ0v) is 11.2. The lowest BCUT2D eigenvalue weighted by Gasteiger charge is -2.29. The fraction of sp³-hybridized carbons (Fsp3) is 0.571. The van der Waals surface area contributed by atoms with E-state index < -0.39 is 0 Å². The summed E-state index contributed by atoms with van der Waals surface area (Å²) in [6.07, 6.45) is 2.34. The summed E-state index contributed by atoms with van der Waals surface area (Å²) >= 11 is 5.92. The van der Waals surface area contributed by atoms with Gasteiger partial charge in [0.2, 0.25) is 0 Å². The SMILES string of the molecule is CC(C)CN(c1c(F)cccc1CCl)C1CC1. The number of alkyl halides is 1. The minimum atomic E-state index is -0.143. The molecular formula is C14H19ClFN. The molecule has 0 amide bonds. The molecule has 0 N–H and O–H groups in total. The molecule has 1 aliphatic carbocycles. The van der Waals surface area contributed by atoms with Crippen molar-refractivity contribution < 1.29 is 4.39 Å². The van der Waals surface area contributed by atoms with E-state index in [1.165, 1.54) is 18.9 Å². The smallest absolute Gasteiger partial charge is 0.146 e. The third kappa shape index (κ3) is 2.92. The Morgan fingerprint density at radius 2 is 2.12 bits per heavy atom. The predicted octanol–water partition coefficient (Wildman–Crippen LogP) is 4.19. The molecule has 0 heterocycles. The van der Waals surface area contributed by atoms with E-state index in [2.05, 4.69) is 18.7 Å². The molecule has 17 heavy (non-hydrogen) atoms. The second-order valence-corrected chi connectivity index (χ2v) is 5.43. The van der Waals surface area contributed by atoms with Gasteiger partial charge in [-0.2, -0.15) is 0 Å². The first-order chi connectivity index (χ1) is 8.13. The lowest BCUT2D eigenvalue weighted by atomic mass is 10.1. The largest absolute Gasteiger partial charge is 0.366 e. The molecule has 1 fully saturated rings. The molecule has 0 spiro atoms. The summed E-state index contributed by atoms with van der Waals surface area (Å²) in [6, 6.07) is 5.69. The topological polar surface area (TPSA) is 3.24 Å². The van der Waals surface area contributed by atoms with Crippen molar-refractivity contribution in [3.05, 3.63) is 29.6 Å². The summed E-state index contributed by atoms with van der Waals surface area (Å²) in [6.45, 7) is 5.22. The maximum atomic E-state index is 14.0. The molecule has 2 rings (SSSR count). The van der Waals surface area contributed by atoms with Gasteiger partial charge in [-0.05, 0) is 30.4 Å². The molecule has 0 aliphatic heterocycles. The van der Waals surface area contributed by atoms with Crippen molar-refractivity contribution in [1.29, 1.82) is 0 Å². The fourth-order valence-electron chi connectivity index (χ4n) is 2.19. The zero-order valence-electron chi connectivity index (χ0n) is 10.4. The summed E-state index contributed by atoms with van der Waals surface area (Å²) < 4.78 is 14.0. The van der Waals surface area contributed by atoms with Crippen LogP contribution in [0.4, 0.5) is 10.1 Å². The molecule has 0 saturated heterocycles. The first-order valence-electron chi connectivity index (χ1n) is 6.23. The van der Waals surface area contributed by atoms with Gasteiger partial charge in [0.05, 0.1) is 5.69 Å². The van der Waals surface area contributed by atoms with Crippen molar-refractivity contribution >= 4 is 17.3 Å². The Balaban J connectivity index is 2.34. The number of para-hydroxylation sites is 1. The third-order valence-corrected chi connectivity index (χ3v) is 3.34. The van der Waals surface area contributed by atoms with E-state index in [1.54, 1.807) is 6.07 Å². The van der Waals surface area contributed by atoms with E-state index in [4.69, 9.17) is 11.6 Å². The van der Waals surface area contributed by atoms with Crippen molar-refractivity contribution in [3.8, 4) is 0 Å². The second kappa shape index (κ2) is 5.26. The molecule has 1 nitrogen and oxygen atoms in total. The maximum Gasteiger partial charge on any atom is 0.146 e. The van der Waals surface area contributed by atoms with E-state index in [9.17, 15) is 4.39 Å². The van der Waals surface area contributed by atoms with Crippen LogP contribution in [-0.4, -0.2) is 12.6 Å². The van der Waals surface area contributed by atoms with Crippen molar-refractivity contribution in [2.24, 2.45) is 5.92 Å². The molecular weight excluding hydrogens is 237 g/mol. The normalized spacial score (nSPS) is 15.4. The molecule has 1 aliphatic rings. The third-order valence-electron chi connectivity index (χ3n) is 3.05. The quantitative estimate of drug-likeness (QED) is 0.713. The van der Waals surface area contributed by atoms with Gasteiger partial charge in [-0.25, -0.2) is 4.39 Å². The molecule has 1 aromatic carbocycles. The second-order valence-electron chi connectivity index (χ2n) is 5.16. The molecule has 1 saturated carbocycles. The monoisotopic (exact) mass is 255 g/mol. The lowest BCUT2D eigenvalue weighted by Crippen LogP contribution is -2.31. The highest BCUT2D eigenvalue weighted by Gasteiger charge is 2.32. The number of halogens is 2. The highest BCUT2D eigenvalue weighted by Crippen LogP contribution is 2.36. The fourth-order valence-corrected chi connectivity index (χ4v) is 2.41. The summed E-state index contributed by atoms with van der Waals surface area (Å²) in [5, 5.41) is 0. The number of hydrogen-bond donors (Lipinski definition) is 0. The summed E-state index contributed by atoms with van der Waals surface area (Å²) in [5.41, 5.74) is 1.62. The Morgan fingerprint density at radius 3 is 2.65 bits per heavy atom. The van der Waals surface area contributed by atoms with E-state index in [0.717, 1.165) is 17.8 Å². The maximum absolute atomic E-state index is 14.0. The van der Waals surface area contributed by atoms with Crippen LogP contribution in [0.15, 0.2) is 18.2 Å². The van der Waals surface area contributed by atoms with Gasteiger partial charge in [0, 0.05) is 18.5 Å². The predicted molar refractivity (Wildman–Crippen MR) is 71.2 cm³/mol. The van der Waals surface area contributed by atoms with Crippen LogP contribution in [0, 0.1) is 11.7 Å². The van der Waals surface area contributed by atoms with Gasteiger partial charge in [0.15, 0.2) is 0 Å². The minimum Gasteiger partial charge on any atom is -0.366 e. The standard InChI is InChI=1S/C14H19ClFN/c1-10(2)9-17(12-6-7-12)14-11(8-15)4-3-5-13(14)16/h3-5,10,12H,6-9H2,1-2H3. The first kappa shape index (κ1) is 12.7. The molecule has 0 aromatic heterocycles. The Hall–Kier alpha value is -0.760. The lowest BCUT2D eigenvalue weighted by molar-refractivity contribution is 0.576. The van der Waals surface area contributed by atoms with Crippen LogP contribution < -0.4 is 4.90 Å². The van der Waals surface area contributed by atoms with E-state index in [1.807, 2.05) is 6.07 Å². The molecule has 94 valence electrons. The highest BCUT2D eigenvalue weighted by atomic mass is 35.5.